The van der Waals surface area contributed by atoms with E-state index in [1.165, 1.54) is 0 Å². The maximum atomic E-state index is 15.0. The fraction of sp³-hybridized carbons (Fsp3) is 0.378. The van der Waals surface area contributed by atoms with E-state index >= 15 is 0 Å². The molecule has 3 aromatic rings. The van der Waals surface area contributed by atoms with E-state index in [4.69, 9.17) is 4.74 Å². The number of anilines is 2. The van der Waals surface area contributed by atoms with Gasteiger partial charge in [0, 0.05) is 24.5 Å². The molecule has 4 aliphatic rings. The highest BCUT2D eigenvalue weighted by molar-refractivity contribution is 6.08. The second-order valence-electron chi connectivity index (χ2n) is 12.9. The molecule has 0 saturated carbocycles. The van der Waals surface area contributed by atoms with Crippen LogP contribution in [0, 0.1) is 17.8 Å². The molecule has 2 saturated heterocycles. The van der Waals surface area contributed by atoms with Crippen LogP contribution in [0.15, 0.2) is 97.1 Å². The van der Waals surface area contributed by atoms with Gasteiger partial charge in [-0.2, -0.15) is 0 Å². The fourth-order valence-corrected chi connectivity index (χ4v) is 8.09. The van der Waals surface area contributed by atoms with Crippen molar-refractivity contribution in [1.82, 2.24) is 4.90 Å². The smallest absolute Gasteiger partial charge is 0.253 e. The molecule has 8 nitrogen and oxygen atoms in total. The average Bonchev–Trinajstić information content (AvgIpc) is 3.34. The quantitative estimate of drug-likeness (QED) is 0.411. The van der Waals surface area contributed by atoms with Crippen molar-refractivity contribution >= 4 is 39.9 Å². The molecule has 0 aliphatic carbocycles. The van der Waals surface area contributed by atoms with E-state index in [1.54, 1.807) is 14.7 Å². The average molecular weight is 606 g/mol. The second kappa shape index (κ2) is 11.0. The van der Waals surface area contributed by atoms with Gasteiger partial charge in [0.25, 0.3) is 5.91 Å². The molecule has 0 bridgehead atoms. The highest BCUT2D eigenvalue weighted by atomic mass is 16.5. The van der Waals surface area contributed by atoms with E-state index in [0.717, 1.165) is 16.5 Å². The molecule has 2 fully saturated rings. The minimum atomic E-state index is -1.40. The number of amides is 3. The highest BCUT2D eigenvalue weighted by Gasteiger charge is 2.76. The monoisotopic (exact) mass is 605 g/mol. The number of fused-ring (bicyclic) bond motifs is 3. The molecule has 0 aromatic heterocycles. The van der Waals surface area contributed by atoms with E-state index in [9.17, 15) is 19.5 Å². The van der Waals surface area contributed by atoms with Crippen molar-refractivity contribution in [3.8, 4) is 0 Å². The summed E-state index contributed by atoms with van der Waals surface area (Å²) in [5.74, 6) is -2.78. The van der Waals surface area contributed by atoms with E-state index < -0.39 is 35.1 Å². The van der Waals surface area contributed by atoms with Crippen LogP contribution in [-0.2, 0) is 19.1 Å². The van der Waals surface area contributed by atoms with Gasteiger partial charge in [-0.3, -0.25) is 14.4 Å². The van der Waals surface area contributed by atoms with Crippen LogP contribution < -0.4 is 9.80 Å². The fourth-order valence-electron chi connectivity index (χ4n) is 8.09. The normalized spacial score (nSPS) is 30.0. The summed E-state index contributed by atoms with van der Waals surface area (Å²) in [5.41, 5.74) is -1.03. The Balaban J connectivity index is 1.39. The zero-order chi connectivity index (χ0) is 31.5. The van der Waals surface area contributed by atoms with Crippen LogP contribution in [0.1, 0.15) is 27.2 Å². The van der Waals surface area contributed by atoms with Crippen LogP contribution in [0.25, 0.3) is 10.8 Å². The number of aliphatic hydroxyl groups excluding tert-OH is 1. The van der Waals surface area contributed by atoms with E-state index in [2.05, 4.69) is 0 Å². The Kier molecular flexibility index (Phi) is 7.17. The summed E-state index contributed by atoms with van der Waals surface area (Å²) in [6.07, 6.45) is 8.10. The van der Waals surface area contributed by atoms with E-state index in [-0.39, 0.29) is 36.8 Å². The van der Waals surface area contributed by atoms with Gasteiger partial charge in [-0.05, 0) is 47.4 Å². The molecule has 3 amide bonds. The first kappa shape index (κ1) is 29.4. The third-order valence-electron chi connectivity index (χ3n) is 10.3. The van der Waals surface area contributed by atoms with E-state index in [0.29, 0.717) is 18.7 Å². The Hall–Kier alpha value is -4.27. The van der Waals surface area contributed by atoms with Gasteiger partial charge < -0.3 is 24.5 Å². The first-order valence-corrected chi connectivity index (χ1v) is 15.9. The zero-order valence-corrected chi connectivity index (χ0v) is 25.9. The molecule has 232 valence electrons. The maximum Gasteiger partial charge on any atom is 0.253 e. The summed E-state index contributed by atoms with van der Waals surface area (Å²) in [6.45, 7) is 6.14. The van der Waals surface area contributed by atoms with Crippen LogP contribution in [0.5, 0.6) is 0 Å². The Labute approximate surface area is 263 Å². The van der Waals surface area contributed by atoms with Crippen LogP contribution in [0.4, 0.5) is 11.4 Å². The van der Waals surface area contributed by atoms with Gasteiger partial charge in [0.15, 0.2) is 0 Å². The lowest BCUT2D eigenvalue weighted by molar-refractivity contribution is -0.150. The number of aliphatic hydroxyl groups is 1. The predicted molar refractivity (Wildman–Crippen MR) is 174 cm³/mol. The number of benzene rings is 3. The third kappa shape index (κ3) is 4.30. The SMILES string of the molecule is CC[C@@]12C=CCN(c3ccccc3)C(=O)[C@@H]1[C@H]1C(=O)N([C@@H](CO)C(C)C)C3C(=O)N(c4ccc5ccccc5c4)CC=C[C@@]31O2. The summed E-state index contributed by atoms with van der Waals surface area (Å²) in [4.78, 5) is 49.5. The van der Waals surface area contributed by atoms with Crippen molar-refractivity contribution in [1.29, 1.82) is 0 Å². The number of hydrogen-bond acceptors (Lipinski definition) is 5. The standard InChI is InChI=1S/C37H39N3O5/c1-4-36-18-10-20-38(27-14-6-5-7-15-27)33(42)30(36)31-34(43)40(29(23-41)24(2)3)32-35(44)39(21-11-19-37(31,32)45-36)28-17-16-25-12-8-9-13-26(25)22-28/h5-19,22,24,29-32,41H,4,20-21,23H2,1-3H3/t29-,30-,31-,32?,36+,37-/m0/s1. The number of likely N-dealkylation sites (tertiary alicyclic amines) is 1. The molecule has 3 aromatic carbocycles. The van der Waals surface area contributed by atoms with Gasteiger partial charge in [0.1, 0.15) is 11.6 Å². The van der Waals surface area contributed by atoms with E-state index in [1.807, 2.05) is 118 Å². The van der Waals surface area contributed by atoms with Gasteiger partial charge in [-0.15, -0.1) is 0 Å². The lowest BCUT2D eigenvalue weighted by Gasteiger charge is -2.41. The van der Waals surface area contributed by atoms with Crippen molar-refractivity contribution in [2.24, 2.45) is 17.8 Å². The van der Waals surface area contributed by atoms with Crippen LogP contribution in [-0.4, -0.2) is 70.7 Å². The number of carbonyl (C=O) groups excluding carboxylic acids is 3. The Morgan fingerprint density at radius 1 is 0.800 bits per heavy atom. The van der Waals surface area contributed by atoms with Crippen molar-refractivity contribution in [2.45, 2.75) is 50.5 Å². The summed E-state index contributed by atoms with van der Waals surface area (Å²) < 4.78 is 7.12. The Morgan fingerprint density at radius 2 is 1.47 bits per heavy atom. The largest absolute Gasteiger partial charge is 0.394 e. The molecular formula is C37H39N3O5. The van der Waals surface area contributed by atoms with Crippen LogP contribution in [0.2, 0.25) is 0 Å². The number of rotatable bonds is 6. The first-order valence-electron chi connectivity index (χ1n) is 15.9. The highest BCUT2D eigenvalue weighted by Crippen LogP contribution is 2.59. The topological polar surface area (TPSA) is 90.4 Å². The maximum absolute atomic E-state index is 15.0. The number of carbonyl (C=O) groups is 3. The molecule has 1 N–H and O–H groups in total. The van der Waals surface area contributed by atoms with Crippen molar-refractivity contribution in [3.05, 3.63) is 97.1 Å². The summed E-state index contributed by atoms with van der Waals surface area (Å²) >= 11 is 0. The number of hydrogen-bond donors (Lipinski definition) is 1. The molecule has 4 aliphatic heterocycles. The molecule has 6 atom stereocenters. The van der Waals surface area contributed by atoms with Gasteiger partial charge in [0.2, 0.25) is 11.8 Å². The van der Waals surface area contributed by atoms with Crippen molar-refractivity contribution in [3.63, 3.8) is 0 Å². The lowest BCUT2D eigenvalue weighted by Crippen LogP contribution is -2.60. The zero-order valence-electron chi connectivity index (χ0n) is 25.9. The van der Waals surface area contributed by atoms with Crippen molar-refractivity contribution in [2.75, 3.05) is 29.5 Å². The molecule has 0 radical (unpaired) electrons. The molecule has 45 heavy (non-hydrogen) atoms. The van der Waals surface area contributed by atoms with Crippen LogP contribution >= 0.6 is 0 Å². The van der Waals surface area contributed by atoms with Crippen LogP contribution in [0.3, 0.4) is 0 Å². The molecule has 4 heterocycles. The minimum Gasteiger partial charge on any atom is -0.394 e. The lowest BCUT2D eigenvalue weighted by atomic mass is 9.73. The molecule has 7 rings (SSSR count). The number of nitrogens with zero attached hydrogens (tertiary/aromatic N) is 3. The second-order valence-corrected chi connectivity index (χ2v) is 12.9. The Bertz CT molecular complexity index is 1720. The first-order chi connectivity index (χ1) is 21.8. The summed E-state index contributed by atoms with van der Waals surface area (Å²) in [7, 11) is 0. The third-order valence-corrected chi connectivity index (χ3v) is 10.3. The van der Waals surface area contributed by atoms with Gasteiger partial charge in [0.05, 0.1) is 30.1 Å². The Morgan fingerprint density at radius 3 is 2.16 bits per heavy atom. The molecule has 8 heteroatoms. The predicted octanol–water partition coefficient (Wildman–Crippen LogP) is 4.72. The van der Waals surface area contributed by atoms with Gasteiger partial charge >= 0.3 is 0 Å². The number of para-hydroxylation sites is 1. The molecule has 1 unspecified atom stereocenters. The molecule has 1 spiro atoms. The molecular weight excluding hydrogens is 566 g/mol. The van der Waals surface area contributed by atoms with Gasteiger partial charge in [-0.1, -0.05) is 93.6 Å². The number of ether oxygens (including phenoxy) is 1. The summed E-state index contributed by atoms with van der Waals surface area (Å²) in [6, 6.07) is 21.6. The summed E-state index contributed by atoms with van der Waals surface area (Å²) in [5, 5.41) is 12.7. The van der Waals surface area contributed by atoms with Crippen molar-refractivity contribution < 1.29 is 24.2 Å². The minimum absolute atomic E-state index is 0.148. The van der Waals surface area contributed by atoms with Gasteiger partial charge in [-0.25, -0.2) is 0 Å².